The lowest BCUT2D eigenvalue weighted by Crippen LogP contribution is -2.12. The molecule has 0 saturated carbocycles. The Morgan fingerprint density at radius 3 is 2.75 bits per heavy atom. The predicted molar refractivity (Wildman–Crippen MR) is 86.4 cm³/mol. The minimum atomic E-state index is 0.853. The van der Waals surface area contributed by atoms with Crippen molar-refractivity contribution in [1.82, 2.24) is 10.3 Å². The van der Waals surface area contributed by atoms with Crippen molar-refractivity contribution in [2.24, 2.45) is 0 Å². The molecule has 3 aromatic rings. The second-order valence-electron chi connectivity index (χ2n) is 4.73. The monoisotopic (exact) mass is 326 g/mol. The van der Waals surface area contributed by atoms with E-state index in [1.807, 2.05) is 18.3 Å². The summed E-state index contributed by atoms with van der Waals surface area (Å²) in [6.07, 6.45) is 1.83. The van der Waals surface area contributed by atoms with E-state index in [0.717, 1.165) is 23.1 Å². The van der Waals surface area contributed by atoms with E-state index in [1.165, 1.54) is 16.5 Å². The molecule has 0 aliphatic rings. The number of rotatable bonds is 4. The molecule has 0 spiro atoms. The minimum Gasteiger partial charge on any atom is -0.309 e. The molecule has 2 aromatic carbocycles. The van der Waals surface area contributed by atoms with E-state index in [9.17, 15) is 0 Å². The molecule has 0 radical (unpaired) electrons. The zero-order valence-electron chi connectivity index (χ0n) is 11.0. The molecule has 0 unspecified atom stereocenters. The van der Waals surface area contributed by atoms with E-state index >= 15 is 0 Å². The van der Waals surface area contributed by atoms with E-state index in [2.05, 4.69) is 68.7 Å². The van der Waals surface area contributed by atoms with Gasteiger partial charge in [0, 0.05) is 29.1 Å². The standard InChI is InChI=1S/C17H15BrN2/c18-16-6-2-1-4-15(16)12-19-11-13-7-8-17-14(10-13)5-3-9-20-17/h1-10,19H,11-12H2. The fourth-order valence-electron chi connectivity index (χ4n) is 2.22. The summed E-state index contributed by atoms with van der Waals surface area (Å²) in [4.78, 5) is 4.34. The van der Waals surface area contributed by atoms with Crippen LogP contribution >= 0.6 is 15.9 Å². The summed E-state index contributed by atoms with van der Waals surface area (Å²) in [5, 5.41) is 4.66. The Labute approximate surface area is 127 Å². The smallest absolute Gasteiger partial charge is 0.0702 e. The van der Waals surface area contributed by atoms with Gasteiger partial charge in [0.1, 0.15) is 0 Å². The van der Waals surface area contributed by atoms with Crippen LogP contribution in [0.15, 0.2) is 65.3 Å². The molecule has 0 atom stereocenters. The van der Waals surface area contributed by atoms with Crippen molar-refractivity contribution in [2.75, 3.05) is 0 Å². The first-order valence-electron chi connectivity index (χ1n) is 6.61. The Bertz CT molecular complexity index is 725. The highest BCUT2D eigenvalue weighted by Gasteiger charge is 1.99. The average Bonchev–Trinajstić information content (AvgIpc) is 2.49. The minimum absolute atomic E-state index is 0.853. The van der Waals surface area contributed by atoms with Crippen LogP contribution in [0.2, 0.25) is 0 Å². The van der Waals surface area contributed by atoms with Crippen LogP contribution in [-0.4, -0.2) is 4.98 Å². The number of hydrogen-bond donors (Lipinski definition) is 1. The Hall–Kier alpha value is -1.71. The Morgan fingerprint density at radius 2 is 1.85 bits per heavy atom. The third-order valence-corrected chi connectivity index (χ3v) is 4.04. The lowest BCUT2D eigenvalue weighted by atomic mass is 10.1. The van der Waals surface area contributed by atoms with Gasteiger partial charge < -0.3 is 5.32 Å². The normalized spacial score (nSPS) is 10.8. The van der Waals surface area contributed by atoms with Crippen molar-refractivity contribution in [3.05, 3.63) is 76.4 Å². The SMILES string of the molecule is Brc1ccccc1CNCc1ccc2ncccc2c1. The van der Waals surface area contributed by atoms with Crippen molar-refractivity contribution in [3.8, 4) is 0 Å². The van der Waals surface area contributed by atoms with Crippen LogP contribution < -0.4 is 5.32 Å². The first-order chi connectivity index (χ1) is 9.83. The molecule has 100 valence electrons. The highest BCUT2D eigenvalue weighted by atomic mass is 79.9. The summed E-state index contributed by atoms with van der Waals surface area (Å²) in [6.45, 7) is 1.71. The number of benzene rings is 2. The number of aromatic nitrogens is 1. The van der Waals surface area contributed by atoms with E-state index < -0.39 is 0 Å². The van der Waals surface area contributed by atoms with Crippen molar-refractivity contribution in [2.45, 2.75) is 13.1 Å². The van der Waals surface area contributed by atoms with Gasteiger partial charge in [0.2, 0.25) is 0 Å². The molecular formula is C17H15BrN2. The van der Waals surface area contributed by atoms with Crippen LogP contribution in [0.1, 0.15) is 11.1 Å². The molecule has 0 amide bonds. The lowest BCUT2D eigenvalue weighted by molar-refractivity contribution is 0.692. The van der Waals surface area contributed by atoms with E-state index in [4.69, 9.17) is 0 Å². The summed E-state index contributed by atoms with van der Waals surface area (Å²) in [7, 11) is 0. The zero-order chi connectivity index (χ0) is 13.8. The topological polar surface area (TPSA) is 24.9 Å². The largest absolute Gasteiger partial charge is 0.309 e. The van der Waals surface area contributed by atoms with Crippen molar-refractivity contribution < 1.29 is 0 Å². The third-order valence-electron chi connectivity index (χ3n) is 3.27. The van der Waals surface area contributed by atoms with Gasteiger partial charge in [0.15, 0.2) is 0 Å². The van der Waals surface area contributed by atoms with Crippen LogP contribution in [-0.2, 0) is 13.1 Å². The van der Waals surface area contributed by atoms with E-state index in [1.54, 1.807) is 0 Å². The number of pyridine rings is 1. The maximum Gasteiger partial charge on any atom is 0.0702 e. The summed E-state index contributed by atoms with van der Waals surface area (Å²) < 4.78 is 1.15. The van der Waals surface area contributed by atoms with Crippen molar-refractivity contribution in [1.29, 1.82) is 0 Å². The fraction of sp³-hybridized carbons (Fsp3) is 0.118. The number of halogens is 1. The van der Waals surface area contributed by atoms with Crippen molar-refractivity contribution in [3.63, 3.8) is 0 Å². The van der Waals surface area contributed by atoms with Gasteiger partial charge in [-0.25, -0.2) is 0 Å². The maximum absolute atomic E-state index is 4.34. The van der Waals surface area contributed by atoms with Gasteiger partial charge in [0.05, 0.1) is 5.52 Å². The molecule has 2 nitrogen and oxygen atoms in total. The maximum atomic E-state index is 4.34. The van der Waals surface area contributed by atoms with Crippen LogP contribution in [0.5, 0.6) is 0 Å². The fourth-order valence-corrected chi connectivity index (χ4v) is 2.64. The Kier molecular flexibility index (Phi) is 4.09. The highest BCUT2D eigenvalue weighted by Crippen LogP contribution is 2.16. The van der Waals surface area contributed by atoms with Gasteiger partial charge in [-0.15, -0.1) is 0 Å². The van der Waals surface area contributed by atoms with Crippen LogP contribution in [0.3, 0.4) is 0 Å². The molecule has 0 bridgehead atoms. The van der Waals surface area contributed by atoms with Gasteiger partial charge in [-0.2, -0.15) is 0 Å². The van der Waals surface area contributed by atoms with Crippen LogP contribution in [0.4, 0.5) is 0 Å². The van der Waals surface area contributed by atoms with Gasteiger partial charge in [-0.1, -0.05) is 46.3 Å². The summed E-state index contributed by atoms with van der Waals surface area (Å²) >= 11 is 3.57. The molecule has 0 saturated heterocycles. The van der Waals surface area contributed by atoms with Gasteiger partial charge >= 0.3 is 0 Å². The number of fused-ring (bicyclic) bond motifs is 1. The molecule has 3 heteroatoms. The second kappa shape index (κ2) is 6.16. The molecular weight excluding hydrogens is 312 g/mol. The summed E-state index contributed by atoms with van der Waals surface area (Å²) in [5.74, 6) is 0. The highest BCUT2D eigenvalue weighted by molar-refractivity contribution is 9.10. The summed E-state index contributed by atoms with van der Waals surface area (Å²) in [6, 6.07) is 18.7. The second-order valence-corrected chi connectivity index (χ2v) is 5.58. The van der Waals surface area contributed by atoms with E-state index in [0.29, 0.717) is 0 Å². The van der Waals surface area contributed by atoms with Crippen LogP contribution in [0, 0.1) is 0 Å². The first kappa shape index (κ1) is 13.3. The first-order valence-corrected chi connectivity index (χ1v) is 7.40. The molecule has 0 aliphatic heterocycles. The lowest BCUT2D eigenvalue weighted by Gasteiger charge is -2.07. The number of nitrogens with zero attached hydrogens (tertiary/aromatic N) is 1. The Balaban J connectivity index is 1.67. The number of hydrogen-bond acceptors (Lipinski definition) is 2. The molecule has 20 heavy (non-hydrogen) atoms. The molecule has 3 rings (SSSR count). The number of nitrogens with one attached hydrogen (secondary N) is 1. The van der Waals surface area contributed by atoms with E-state index in [-0.39, 0.29) is 0 Å². The Morgan fingerprint density at radius 1 is 0.950 bits per heavy atom. The third kappa shape index (κ3) is 3.06. The predicted octanol–water partition coefficient (Wildman–Crippen LogP) is 4.29. The molecule has 1 N–H and O–H groups in total. The molecule has 1 aromatic heterocycles. The van der Waals surface area contributed by atoms with Gasteiger partial charge in [0.25, 0.3) is 0 Å². The summed E-state index contributed by atoms with van der Waals surface area (Å²) in [5.41, 5.74) is 3.59. The molecule has 0 aliphatic carbocycles. The van der Waals surface area contributed by atoms with Crippen LogP contribution in [0.25, 0.3) is 10.9 Å². The molecule has 1 heterocycles. The quantitative estimate of drug-likeness (QED) is 0.773. The van der Waals surface area contributed by atoms with Gasteiger partial charge in [-0.3, -0.25) is 4.98 Å². The zero-order valence-corrected chi connectivity index (χ0v) is 12.6. The van der Waals surface area contributed by atoms with Crippen molar-refractivity contribution >= 4 is 26.8 Å². The average molecular weight is 327 g/mol. The van der Waals surface area contributed by atoms with Gasteiger partial charge in [-0.05, 0) is 35.4 Å². The molecule has 0 fully saturated rings.